The standard InChI is InChI=1S/C41H42ClF4N5O7S2.2ClH/c1-6-21-18-40(21,37(54)50-60(55,56)25-9-10-25)49-35(52)31-17-24(58-33-14-13-32(57-5)26-12-8-23(42)16-28(26)33)19-51(31)36(53)34(39(2,3)4)48-38-47-30(20-59-38)27-11-7-22(15-29(27)43)41(44,45)46;;/h6-8,11-16,20-21,24-25,31,34H,1,9-10,17-19H2,2-5H3,(H,47,48)(H,49,52)(H,50,54);2*1H/t21-,24-,31+,34-,40-;;/m1../s1. The van der Waals surface area contributed by atoms with E-state index in [4.69, 9.17) is 21.1 Å². The Balaban J connectivity index is 0.00000363. The number of fused-ring (bicyclic) bond motifs is 1. The zero-order valence-corrected chi connectivity index (χ0v) is 37.7. The van der Waals surface area contributed by atoms with Gasteiger partial charge in [0, 0.05) is 39.1 Å². The van der Waals surface area contributed by atoms with Crippen molar-refractivity contribution in [3.05, 3.63) is 83.0 Å². The zero-order valence-electron chi connectivity index (χ0n) is 33.7. The fourth-order valence-corrected chi connectivity index (χ4v) is 9.70. The number of thiazole rings is 1. The average Bonchev–Trinajstić information content (AvgIpc) is 4.07. The number of hydrogen-bond donors (Lipinski definition) is 3. The Morgan fingerprint density at radius 2 is 1.74 bits per heavy atom. The molecule has 3 aliphatic rings. The number of methoxy groups -OCH3 is 1. The largest absolute Gasteiger partial charge is 0.496 e. The quantitative estimate of drug-likeness (QED) is 0.0889. The van der Waals surface area contributed by atoms with Gasteiger partial charge in [0.25, 0.3) is 5.91 Å². The highest BCUT2D eigenvalue weighted by Gasteiger charge is 2.62. The van der Waals surface area contributed by atoms with Crippen LogP contribution < -0.4 is 24.8 Å². The van der Waals surface area contributed by atoms with Gasteiger partial charge in [-0.3, -0.25) is 19.1 Å². The number of rotatable bonds is 13. The van der Waals surface area contributed by atoms with Crippen LogP contribution in [-0.2, 0) is 30.6 Å². The van der Waals surface area contributed by atoms with Gasteiger partial charge in [-0.15, -0.1) is 42.7 Å². The molecule has 5 atom stereocenters. The zero-order chi connectivity index (χ0) is 43.5. The van der Waals surface area contributed by atoms with Gasteiger partial charge < -0.3 is 25.0 Å². The maximum atomic E-state index is 14.9. The Morgan fingerprint density at radius 3 is 2.34 bits per heavy atom. The summed E-state index contributed by atoms with van der Waals surface area (Å²) in [6.07, 6.45) is -3.16. The molecule has 4 aromatic rings. The van der Waals surface area contributed by atoms with Crippen LogP contribution in [-0.4, -0.2) is 78.7 Å². The topological polar surface area (TPSA) is 156 Å². The number of amides is 3. The molecule has 2 heterocycles. The Labute approximate surface area is 377 Å². The van der Waals surface area contributed by atoms with Crippen LogP contribution in [0.25, 0.3) is 22.0 Å². The monoisotopic (exact) mass is 963 g/mol. The van der Waals surface area contributed by atoms with Gasteiger partial charge >= 0.3 is 6.18 Å². The van der Waals surface area contributed by atoms with Gasteiger partial charge in [-0.1, -0.05) is 38.4 Å². The number of aromatic nitrogens is 1. The van der Waals surface area contributed by atoms with Crippen LogP contribution in [0.4, 0.5) is 22.7 Å². The number of benzene rings is 3. The van der Waals surface area contributed by atoms with Crippen molar-refractivity contribution < 1.29 is 49.8 Å². The number of alkyl halides is 3. The number of sulfonamides is 1. The summed E-state index contributed by atoms with van der Waals surface area (Å²) in [5, 5.41) is 8.55. The lowest BCUT2D eigenvalue weighted by Crippen LogP contribution is -2.58. The Morgan fingerprint density at radius 1 is 1.05 bits per heavy atom. The molecule has 1 aliphatic heterocycles. The van der Waals surface area contributed by atoms with E-state index >= 15 is 0 Å². The van der Waals surface area contributed by atoms with Crippen molar-refractivity contribution in [3.63, 3.8) is 0 Å². The van der Waals surface area contributed by atoms with E-state index in [1.807, 2.05) is 0 Å². The minimum atomic E-state index is -4.74. The molecule has 336 valence electrons. The maximum Gasteiger partial charge on any atom is 0.416 e. The first-order chi connectivity index (χ1) is 28.1. The maximum absolute atomic E-state index is 14.9. The summed E-state index contributed by atoms with van der Waals surface area (Å²) < 4.78 is 94.3. The summed E-state index contributed by atoms with van der Waals surface area (Å²) in [4.78, 5) is 48.6. The van der Waals surface area contributed by atoms with Crippen LogP contribution in [0.2, 0.25) is 5.02 Å². The predicted octanol–water partition coefficient (Wildman–Crippen LogP) is 8.17. The summed E-state index contributed by atoms with van der Waals surface area (Å²) in [6, 6.07) is 8.43. The molecule has 12 nitrogen and oxygen atoms in total. The van der Waals surface area contributed by atoms with Crippen molar-refractivity contribution in [1.29, 1.82) is 0 Å². The van der Waals surface area contributed by atoms with Crippen molar-refractivity contribution in [2.24, 2.45) is 11.3 Å². The third-order valence-corrected chi connectivity index (χ3v) is 13.8. The molecular weight excluding hydrogens is 921 g/mol. The second-order valence-electron chi connectivity index (χ2n) is 16.3. The van der Waals surface area contributed by atoms with Crippen LogP contribution in [0.1, 0.15) is 52.0 Å². The van der Waals surface area contributed by atoms with Gasteiger partial charge in [-0.25, -0.2) is 17.8 Å². The highest BCUT2D eigenvalue weighted by molar-refractivity contribution is 7.91. The van der Waals surface area contributed by atoms with E-state index in [1.165, 1.54) is 23.5 Å². The fraction of sp³-hybridized carbons (Fsp3) is 0.415. The van der Waals surface area contributed by atoms with E-state index in [1.54, 1.807) is 51.1 Å². The highest BCUT2D eigenvalue weighted by Crippen LogP contribution is 2.46. The van der Waals surface area contributed by atoms with Crippen molar-refractivity contribution in [2.45, 2.75) is 81.6 Å². The second kappa shape index (κ2) is 18.0. The summed E-state index contributed by atoms with van der Waals surface area (Å²) in [6.45, 7) is 8.99. The second-order valence-corrected chi connectivity index (χ2v) is 19.5. The van der Waals surface area contributed by atoms with Crippen LogP contribution in [0.15, 0.2) is 66.6 Å². The molecule has 3 amide bonds. The first-order valence-electron chi connectivity index (χ1n) is 19.0. The number of nitrogens with zero attached hydrogens (tertiary/aromatic N) is 2. The van der Waals surface area contributed by atoms with E-state index in [2.05, 4.69) is 26.9 Å². The number of carbonyl (C=O) groups is 3. The van der Waals surface area contributed by atoms with E-state index in [0.717, 1.165) is 23.5 Å². The van der Waals surface area contributed by atoms with E-state index in [-0.39, 0.29) is 60.6 Å². The van der Waals surface area contributed by atoms with Crippen LogP contribution >= 0.6 is 47.8 Å². The number of hydrogen-bond acceptors (Lipinski definition) is 10. The van der Waals surface area contributed by atoms with Gasteiger partial charge in [-0.05, 0) is 73.2 Å². The summed E-state index contributed by atoms with van der Waals surface area (Å²) in [7, 11) is -2.43. The molecule has 3 fully saturated rings. The van der Waals surface area contributed by atoms with Crippen LogP contribution in [0, 0.1) is 17.2 Å². The molecule has 2 saturated carbocycles. The third kappa shape index (κ3) is 9.88. The minimum Gasteiger partial charge on any atom is -0.496 e. The molecule has 0 spiro atoms. The van der Waals surface area contributed by atoms with Gasteiger partial charge in [0.15, 0.2) is 5.13 Å². The molecule has 0 radical (unpaired) electrons. The third-order valence-electron chi connectivity index (χ3n) is 11.0. The van der Waals surface area contributed by atoms with Crippen molar-refractivity contribution in [3.8, 4) is 22.8 Å². The number of carbonyl (C=O) groups excluding carboxylic acids is 3. The molecule has 21 heteroatoms. The van der Waals surface area contributed by atoms with Crippen molar-refractivity contribution >= 4 is 91.4 Å². The van der Waals surface area contributed by atoms with E-state index in [9.17, 15) is 40.4 Å². The summed E-state index contributed by atoms with van der Waals surface area (Å²) in [5.74, 6) is -2.91. The first kappa shape index (κ1) is 48.7. The normalized spacial score (nSPS) is 21.5. The Kier molecular flexibility index (Phi) is 14.1. The van der Waals surface area contributed by atoms with E-state index in [0.29, 0.717) is 46.2 Å². The number of anilines is 1. The number of likely N-dealkylation sites (tertiary alicyclic amines) is 1. The molecule has 7 rings (SSSR count). The van der Waals surface area contributed by atoms with Gasteiger partial charge in [0.2, 0.25) is 21.8 Å². The molecule has 62 heavy (non-hydrogen) atoms. The van der Waals surface area contributed by atoms with Gasteiger partial charge in [0.05, 0.1) is 30.2 Å². The molecule has 0 bridgehead atoms. The van der Waals surface area contributed by atoms with Gasteiger partial charge in [0.1, 0.15) is 41.0 Å². The number of ether oxygens (including phenoxy) is 2. The molecule has 1 saturated heterocycles. The molecule has 2 aliphatic carbocycles. The van der Waals surface area contributed by atoms with Crippen LogP contribution in [0.3, 0.4) is 0 Å². The summed E-state index contributed by atoms with van der Waals surface area (Å²) in [5.41, 5.74) is -3.75. The highest BCUT2D eigenvalue weighted by atomic mass is 35.5. The number of nitrogens with one attached hydrogen (secondary N) is 3. The smallest absolute Gasteiger partial charge is 0.416 e. The van der Waals surface area contributed by atoms with Gasteiger partial charge in [-0.2, -0.15) is 13.2 Å². The van der Waals surface area contributed by atoms with Crippen LogP contribution in [0.5, 0.6) is 11.5 Å². The van der Waals surface area contributed by atoms with E-state index < -0.39 is 85.6 Å². The predicted molar refractivity (Wildman–Crippen MR) is 233 cm³/mol. The molecule has 0 unspecified atom stereocenters. The van der Waals surface area contributed by atoms with Crippen molar-refractivity contribution in [1.82, 2.24) is 19.9 Å². The fourth-order valence-electron chi connectivity index (χ4n) is 7.42. The Hall–Kier alpha value is -4.36. The summed E-state index contributed by atoms with van der Waals surface area (Å²) >= 11 is 7.37. The lowest BCUT2D eigenvalue weighted by Gasteiger charge is -2.35. The Bertz CT molecular complexity index is 2500. The SMILES string of the molecule is C=C[C@@H]1C[C@]1(NC(=O)[C@@H]1C[C@@H](Oc2ccc(OC)c3ccc(Cl)cc23)CN1C(=O)[C@@H](Nc1nc(-c2ccc(C(F)(F)F)cc2F)cs1)C(C)(C)C)C(=O)NS(=O)(=O)C1CC1.Cl.Cl. The lowest BCUT2D eigenvalue weighted by atomic mass is 9.85. The molecular formula is C41H44Cl3F4N5O7S2. The average molecular weight is 965 g/mol. The molecule has 1 aromatic heterocycles. The molecule has 3 N–H and O–H groups in total. The molecule has 3 aromatic carbocycles. The lowest BCUT2D eigenvalue weighted by molar-refractivity contribution is -0.141. The number of halogens is 7. The first-order valence-corrected chi connectivity index (χ1v) is 21.8. The van der Waals surface area contributed by atoms with Crippen molar-refractivity contribution in [2.75, 3.05) is 19.0 Å². The minimum absolute atomic E-state index is 0.